The largest absolute Gasteiger partial charge is 0.491 e. The Morgan fingerprint density at radius 3 is 2.66 bits per heavy atom. The van der Waals surface area contributed by atoms with Crippen molar-refractivity contribution in [2.75, 3.05) is 46.2 Å². The highest BCUT2D eigenvalue weighted by Crippen LogP contribution is 2.26. The molecule has 0 radical (unpaired) electrons. The molecule has 0 saturated carbocycles. The van der Waals surface area contributed by atoms with Gasteiger partial charge in [-0.05, 0) is 38.4 Å². The number of carbonyl (C=O) groups excluding carboxylic acids is 2. The molecule has 1 aliphatic heterocycles. The van der Waals surface area contributed by atoms with Crippen LogP contribution in [0.3, 0.4) is 0 Å². The summed E-state index contributed by atoms with van der Waals surface area (Å²) >= 11 is 0. The number of nitrogens with zero attached hydrogens (tertiary/aromatic N) is 2. The van der Waals surface area contributed by atoms with Gasteiger partial charge in [0.05, 0.1) is 11.7 Å². The van der Waals surface area contributed by atoms with E-state index in [0.29, 0.717) is 36.6 Å². The Morgan fingerprint density at radius 1 is 1.28 bits per heavy atom. The summed E-state index contributed by atoms with van der Waals surface area (Å²) in [4.78, 5) is 29.0. The quantitative estimate of drug-likeness (QED) is 0.834. The fraction of sp³-hybridized carbons (Fsp3) is 0.636. The summed E-state index contributed by atoms with van der Waals surface area (Å²) in [6, 6.07) is 5.37. The smallest absolute Gasteiger partial charge is 0.257 e. The van der Waals surface area contributed by atoms with Gasteiger partial charge in [0.25, 0.3) is 5.91 Å². The van der Waals surface area contributed by atoms with Crippen LogP contribution in [0, 0.1) is 5.92 Å². The predicted molar refractivity (Wildman–Crippen MR) is 114 cm³/mol. The van der Waals surface area contributed by atoms with Crippen LogP contribution >= 0.6 is 0 Å². The van der Waals surface area contributed by atoms with Crippen LogP contribution in [0.25, 0.3) is 0 Å². The molecule has 0 spiro atoms. The van der Waals surface area contributed by atoms with Crippen molar-refractivity contribution in [2.45, 2.75) is 45.8 Å². The molecular weight excluding hydrogens is 370 g/mol. The fourth-order valence-corrected chi connectivity index (χ4v) is 3.48. The van der Waals surface area contributed by atoms with Crippen molar-refractivity contribution in [2.24, 2.45) is 5.92 Å². The predicted octanol–water partition coefficient (Wildman–Crippen LogP) is 2.86. The van der Waals surface area contributed by atoms with Crippen LogP contribution in [-0.2, 0) is 9.53 Å². The number of hydrogen-bond donors (Lipinski definition) is 1. The molecule has 1 aliphatic rings. The number of hydrogen-bond acceptors (Lipinski definition) is 5. The molecule has 0 aliphatic carbocycles. The number of ether oxygens (including phenoxy) is 2. The first kappa shape index (κ1) is 23.2. The second kappa shape index (κ2) is 10.6. The zero-order valence-electron chi connectivity index (χ0n) is 18.5. The van der Waals surface area contributed by atoms with Crippen LogP contribution in [0.1, 0.15) is 44.0 Å². The first-order valence-corrected chi connectivity index (χ1v) is 10.3. The Bertz CT molecular complexity index is 709. The Kier molecular flexibility index (Phi) is 8.46. The van der Waals surface area contributed by atoms with Crippen LogP contribution in [-0.4, -0.2) is 74.7 Å². The van der Waals surface area contributed by atoms with Crippen LogP contribution in [0.2, 0.25) is 0 Å². The third-order valence-corrected chi connectivity index (χ3v) is 5.52. The lowest BCUT2D eigenvalue weighted by Crippen LogP contribution is -2.45. The Morgan fingerprint density at radius 2 is 2.00 bits per heavy atom. The molecule has 2 rings (SSSR count). The lowest BCUT2D eigenvalue weighted by atomic mass is 10.0. The van der Waals surface area contributed by atoms with Crippen molar-refractivity contribution < 1.29 is 19.1 Å². The van der Waals surface area contributed by atoms with Crippen molar-refractivity contribution in [3.8, 4) is 5.75 Å². The maximum atomic E-state index is 13.1. The van der Waals surface area contributed by atoms with E-state index in [1.807, 2.05) is 6.92 Å². The summed E-state index contributed by atoms with van der Waals surface area (Å²) in [7, 11) is 5.54. The van der Waals surface area contributed by atoms with E-state index in [0.717, 1.165) is 13.0 Å². The summed E-state index contributed by atoms with van der Waals surface area (Å²) in [5.74, 6) is 0.577. The lowest BCUT2D eigenvalue weighted by molar-refractivity contribution is -0.116. The van der Waals surface area contributed by atoms with Gasteiger partial charge in [0, 0.05) is 51.5 Å². The topological polar surface area (TPSA) is 71.1 Å². The van der Waals surface area contributed by atoms with Crippen molar-refractivity contribution in [1.82, 2.24) is 9.80 Å². The van der Waals surface area contributed by atoms with E-state index >= 15 is 0 Å². The molecule has 7 heteroatoms. The number of carbonyl (C=O) groups is 2. The van der Waals surface area contributed by atoms with Gasteiger partial charge in [-0.15, -0.1) is 0 Å². The van der Waals surface area contributed by atoms with Crippen LogP contribution < -0.4 is 10.1 Å². The highest BCUT2D eigenvalue weighted by Gasteiger charge is 2.27. The number of anilines is 1. The zero-order valence-corrected chi connectivity index (χ0v) is 18.5. The van der Waals surface area contributed by atoms with Gasteiger partial charge in [-0.1, -0.05) is 13.8 Å². The molecule has 7 nitrogen and oxygen atoms in total. The van der Waals surface area contributed by atoms with E-state index in [-0.39, 0.29) is 29.9 Å². The third-order valence-electron chi connectivity index (χ3n) is 5.52. The van der Waals surface area contributed by atoms with Crippen molar-refractivity contribution in [3.63, 3.8) is 0 Å². The number of fused-ring (bicyclic) bond motifs is 1. The normalized spacial score (nSPS) is 24.1. The molecule has 0 aromatic heterocycles. The molecular formula is C22H35N3O4. The SMILES string of the molecule is CCCC(=O)Nc1ccc2c(c1)OC[C@@H](C)N(C)C[C@@H](C)[C@@H](OC)CN(C)C2=O. The molecule has 1 heterocycles. The maximum absolute atomic E-state index is 13.1. The molecule has 1 aromatic carbocycles. The standard InChI is InChI=1S/C22H35N3O4/c1-7-8-21(26)23-17-9-10-18-19(11-17)29-14-16(3)24(4)12-15(2)20(28-6)13-25(5)22(18)27/h9-11,15-16,20H,7-8,12-14H2,1-6H3,(H,23,26)/t15-,16-,20+/m1/s1. The minimum Gasteiger partial charge on any atom is -0.491 e. The molecule has 29 heavy (non-hydrogen) atoms. The van der Waals surface area contributed by atoms with E-state index < -0.39 is 0 Å². The summed E-state index contributed by atoms with van der Waals surface area (Å²) in [6.45, 7) is 7.97. The Balaban J connectivity index is 2.35. The zero-order chi connectivity index (χ0) is 21.6. The number of rotatable bonds is 4. The van der Waals surface area contributed by atoms with Crippen LogP contribution in [0.15, 0.2) is 18.2 Å². The number of methoxy groups -OCH3 is 1. The van der Waals surface area contributed by atoms with Gasteiger partial charge in [-0.25, -0.2) is 0 Å². The van der Waals surface area contributed by atoms with Crippen LogP contribution in [0.4, 0.5) is 5.69 Å². The molecule has 0 bridgehead atoms. The minimum atomic E-state index is -0.123. The van der Waals surface area contributed by atoms with E-state index in [1.165, 1.54) is 0 Å². The molecule has 1 aromatic rings. The summed E-state index contributed by atoms with van der Waals surface area (Å²) in [6.07, 6.45) is 1.17. The van der Waals surface area contributed by atoms with Gasteiger partial charge in [-0.3, -0.25) is 14.5 Å². The van der Waals surface area contributed by atoms with Crippen molar-refractivity contribution in [1.29, 1.82) is 0 Å². The highest BCUT2D eigenvalue weighted by atomic mass is 16.5. The van der Waals surface area contributed by atoms with Gasteiger partial charge >= 0.3 is 0 Å². The fourth-order valence-electron chi connectivity index (χ4n) is 3.48. The lowest BCUT2D eigenvalue weighted by Gasteiger charge is -2.34. The molecule has 1 N–H and O–H groups in total. The molecule has 0 saturated heterocycles. The van der Waals surface area contributed by atoms with Crippen molar-refractivity contribution in [3.05, 3.63) is 23.8 Å². The van der Waals surface area contributed by atoms with E-state index in [2.05, 4.69) is 31.1 Å². The maximum Gasteiger partial charge on any atom is 0.257 e. The summed E-state index contributed by atoms with van der Waals surface area (Å²) in [5, 5.41) is 2.87. The molecule has 2 amide bonds. The number of amides is 2. The van der Waals surface area contributed by atoms with Crippen molar-refractivity contribution >= 4 is 17.5 Å². The van der Waals surface area contributed by atoms with Gasteiger partial charge in [0.1, 0.15) is 12.4 Å². The average Bonchev–Trinajstić information content (AvgIpc) is 2.68. The van der Waals surface area contributed by atoms with Crippen LogP contribution in [0.5, 0.6) is 5.75 Å². The second-order valence-corrected chi connectivity index (χ2v) is 8.05. The summed E-state index contributed by atoms with van der Waals surface area (Å²) in [5.41, 5.74) is 1.12. The molecule has 0 fully saturated rings. The Labute approximate surface area is 174 Å². The molecule has 0 unspecified atom stereocenters. The van der Waals surface area contributed by atoms with E-state index in [9.17, 15) is 9.59 Å². The van der Waals surface area contributed by atoms with Gasteiger partial charge in [-0.2, -0.15) is 0 Å². The summed E-state index contributed by atoms with van der Waals surface area (Å²) < 4.78 is 11.7. The second-order valence-electron chi connectivity index (χ2n) is 8.05. The van der Waals surface area contributed by atoms with E-state index in [4.69, 9.17) is 9.47 Å². The monoisotopic (exact) mass is 405 g/mol. The highest BCUT2D eigenvalue weighted by molar-refractivity contribution is 5.98. The first-order valence-electron chi connectivity index (χ1n) is 10.3. The minimum absolute atomic E-state index is 0.0472. The van der Waals surface area contributed by atoms with E-state index in [1.54, 1.807) is 37.3 Å². The van der Waals surface area contributed by atoms with Gasteiger partial charge in [0.2, 0.25) is 5.91 Å². The molecule has 162 valence electrons. The third kappa shape index (κ3) is 6.18. The van der Waals surface area contributed by atoms with Gasteiger partial charge in [0.15, 0.2) is 0 Å². The van der Waals surface area contributed by atoms with Gasteiger partial charge < -0.3 is 19.7 Å². The first-order chi connectivity index (χ1) is 13.8. The number of benzene rings is 1. The molecule has 3 atom stereocenters. The average molecular weight is 406 g/mol. The number of nitrogens with one attached hydrogen (secondary N) is 1. The Hall–Kier alpha value is -2.12. The number of likely N-dealkylation sites (N-methyl/N-ethyl adjacent to an activating group) is 2.